The number of halogens is 3. The third-order valence-electron chi connectivity index (χ3n) is 1.66. The van der Waals surface area contributed by atoms with Crippen LogP contribution in [0.15, 0.2) is 18.3 Å². The van der Waals surface area contributed by atoms with Gasteiger partial charge < -0.3 is 9.64 Å². The zero-order chi connectivity index (χ0) is 12.3. The van der Waals surface area contributed by atoms with Gasteiger partial charge in [0, 0.05) is 32.0 Å². The van der Waals surface area contributed by atoms with Gasteiger partial charge in [0.1, 0.15) is 0 Å². The molecule has 0 bridgehead atoms. The number of pyridine rings is 1. The number of carbonyl (C=O) groups is 1. The van der Waals surface area contributed by atoms with E-state index >= 15 is 0 Å². The van der Waals surface area contributed by atoms with Crippen molar-refractivity contribution in [3.8, 4) is 5.88 Å². The molecule has 88 valence electrons. The maximum absolute atomic E-state index is 11.9. The highest BCUT2D eigenvalue weighted by molar-refractivity contribution is 5.77. The third-order valence-corrected chi connectivity index (χ3v) is 1.66. The first-order valence-electron chi connectivity index (χ1n) is 4.23. The van der Waals surface area contributed by atoms with Crippen LogP contribution in [0.25, 0.3) is 0 Å². The van der Waals surface area contributed by atoms with Crippen molar-refractivity contribution in [1.29, 1.82) is 0 Å². The molecule has 4 nitrogen and oxygen atoms in total. The highest BCUT2D eigenvalue weighted by atomic mass is 19.4. The number of ether oxygens (including phenoxy) is 1. The molecule has 0 aromatic carbocycles. The standard InChI is InChI=1S/C9H9F3N2O2/c1-14(2)6-3-4-13-7(5-6)16-8(15)9(10,11)12/h3-5H,1-2H3. The van der Waals surface area contributed by atoms with Crippen LogP contribution in [0.2, 0.25) is 0 Å². The SMILES string of the molecule is CN(C)c1ccnc(OC(=O)C(F)(F)F)c1. The average molecular weight is 234 g/mol. The van der Waals surface area contributed by atoms with Crippen molar-refractivity contribution in [3.63, 3.8) is 0 Å². The molecule has 0 N–H and O–H groups in total. The molecule has 0 aliphatic rings. The summed E-state index contributed by atoms with van der Waals surface area (Å²) in [6.45, 7) is 0. The Bertz CT molecular complexity index is 391. The first-order chi connectivity index (χ1) is 7.30. The fraction of sp³-hybridized carbons (Fsp3) is 0.333. The van der Waals surface area contributed by atoms with Gasteiger partial charge in [0.25, 0.3) is 0 Å². The first kappa shape index (κ1) is 12.3. The van der Waals surface area contributed by atoms with Crippen molar-refractivity contribution in [2.75, 3.05) is 19.0 Å². The van der Waals surface area contributed by atoms with Crippen LogP contribution in [-0.4, -0.2) is 31.2 Å². The topological polar surface area (TPSA) is 42.4 Å². The molecule has 0 amide bonds. The Morgan fingerprint density at radius 3 is 2.56 bits per heavy atom. The van der Waals surface area contributed by atoms with Gasteiger partial charge in [-0.1, -0.05) is 0 Å². The van der Waals surface area contributed by atoms with Crippen molar-refractivity contribution >= 4 is 11.7 Å². The predicted molar refractivity (Wildman–Crippen MR) is 50.3 cm³/mol. The quantitative estimate of drug-likeness (QED) is 0.729. The normalized spacial score (nSPS) is 11.1. The van der Waals surface area contributed by atoms with Gasteiger partial charge in [0.2, 0.25) is 5.88 Å². The summed E-state index contributed by atoms with van der Waals surface area (Å²) in [5.74, 6) is -2.66. The van der Waals surface area contributed by atoms with Crippen LogP contribution < -0.4 is 9.64 Å². The third kappa shape index (κ3) is 3.11. The van der Waals surface area contributed by atoms with Crippen LogP contribution in [0.5, 0.6) is 5.88 Å². The van der Waals surface area contributed by atoms with Crippen molar-refractivity contribution in [2.45, 2.75) is 6.18 Å². The molecule has 0 radical (unpaired) electrons. The monoisotopic (exact) mass is 234 g/mol. The Morgan fingerprint density at radius 2 is 2.06 bits per heavy atom. The summed E-state index contributed by atoms with van der Waals surface area (Å²) in [7, 11) is 3.40. The number of hydrogen-bond donors (Lipinski definition) is 0. The molecule has 0 atom stereocenters. The number of hydrogen-bond acceptors (Lipinski definition) is 4. The Balaban J connectivity index is 2.83. The van der Waals surface area contributed by atoms with Gasteiger partial charge in [-0.25, -0.2) is 9.78 Å². The van der Waals surface area contributed by atoms with Crippen molar-refractivity contribution in [1.82, 2.24) is 4.98 Å². The largest absolute Gasteiger partial charge is 0.491 e. The van der Waals surface area contributed by atoms with Crippen LogP contribution in [0.4, 0.5) is 18.9 Å². The molecule has 0 saturated heterocycles. The minimum Gasteiger partial charge on any atom is -0.401 e. The van der Waals surface area contributed by atoms with E-state index in [1.165, 1.54) is 12.3 Å². The average Bonchev–Trinajstić information content (AvgIpc) is 2.16. The lowest BCUT2D eigenvalue weighted by Crippen LogP contribution is -2.28. The van der Waals surface area contributed by atoms with Crippen LogP contribution in [0.3, 0.4) is 0 Å². The van der Waals surface area contributed by atoms with Crippen molar-refractivity contribution < 1.29 is 22.7 Å². The molecule has 0 aliphatic carbocycles. The molecule has 7 heteroatoms. The number of carbonyl (C=O) groups excluding carboxylic acids is 1. The highest BCUT2D eigenvalue weighted by Crippen LogP contribution is 2.21. The molecule has 1 rings (SSSR count). The van der Waals surface area contributed by atoms with Crippen LogP contribution in [0.1, 0.15) is 0 Å². The number of aromatic nitrogens is 1. The molecule has 16 heavy (non-hydrogen) atoms. The van der Waals surface area contributed by atoms with Crippen LogP contribution >= 0.6 is 0 Å². The Kier molecular flexibility index (Phi) is 3.36. The van der Waals surface area contributed by atoms with Crippen molar-refractivity contribution in [2.24, 2.45) is 0 Å². The summed E-state index contributed by atoms with van der Waals surface area (Å²) in [5.41, 5.74) is 0.583. The van der Waals surface area contributed by atoms with E-state index in [2.05, 4.69) is 9.72 Å². The summed E-state index contributed by atoms with van der Waals surface area (Å²) in [5, 5.41) is 0. The van der Waals surface area contributed by atoms with Crippen molar-refractivity contribution in [3.05, 3.63) is 18.3 Å². The maximum Gasteiger partial charge on any atom is 0.491 e. The Labute approximate surface area is 89.6 Å². The van der Waals surface area contributed by atoms with E-state index in [0.29, 0.717) is 5.69 Å². The summed E-state index contributed by atoms with van der Waals surface area (Å²) in [6, 6.07) is 2.81. The maximum atomic E-state index is 11.9. The van der Waals surface area contributed by atoms with E-state index in [0.717, 1.165) is 0 Å². The molecular weight excluding hydrogens is 225 g/mol. The van der Waals surface area contributed by atoms with Gasteiger partial charge in [0.15, 0.2) is 0 Å². The molecule has 0 unspecified atom stereocenters. The summed E-state index contributed by atoms with van der Waals surface area (Å²) >= 11 is 0. The number of anilines is 1. The van der Waals surface area contributed by atoms with Gasteiger partial charge >= 0.3 is 12.1 Å². The van der Waals surface area contributed by atoms with Gasteiger partial charge in [-0.05, 0) is 6.07 Å². The number of rotatable bonds is 2. The number of alkyl halides is 3. The zero-order valence-electron chi connectivity index (χ0n) is 8.58. The zero-order valence-corrected chi connectivity index (χ0v) is 8.58. The number of nitrogens with zero attached hydrogens (tertiary/aromatic N) is 2. The predicted octanol–water partition coefficient (Wildman–Crippen LogP) is 1.62. The van der Waals surface area contributed by atoms with Crippen LogP contribution in [0, 0.1) is 0 Å². The van der Waals surface area contributed by atoms with Gasteiger partial charge in [-0.15, -0.1) is 0 Å². The smallest absolute Gasteiger partial charge is 0.401 e. The fourth-order valence-electron chi connectivity index (χ4n) is 0.886. The molecule has 1 heterocycles. The van der Waals surface area contributed by atoms with E-state index in [4.69, 9.17) is 0 Å². The fourth-order valence-corrected chi connectivity index (χ4v) is 0.886. The van der Waals surface area contributed by atoms with E-state index in [1.54, 1.807) is 25.1 Å². The Hall–Kier alpha value is -1.79. The lowest BCUT2D eigenvalue weighted by molar-refractivity contribution is -0.190. The molecule has 1 aromatic heterocycles. The molecule has 0 spiro atoms. The van der Waals surface area contributed by atoms with Gasteiger partial charge in [-0.2, -0.15) is 13.2 Å². The summed E-state index contributed by atoms with van der Waals surface area (Å²) in [4.78, 5) is 15.7. The lowest BCUT2D eigenvalue weighted by Gasteiger charge is -2.13. The minimum absolute atomic E-state index is 0.381. The van der Waals surface area contributed by atoms with E-state index in [-0.39, 0.29) is 5.88 Å². The van der Waals surface area contributed by atoms with Gasteiger partial charge in [0.05, 0.1) is 0 Å². The molecule has 0 saturated carbocycles. The number of esters is 1. The first-order valence-corrected chi connectivity index (χ1v) is 4.23. The minimum atomic E-state index is -5.02. The molecule has 1 aromatic rings. The summed E-state index contributed by atoms with van der Waals surface area (Å²) in [6.07, 6.45) is -3.76. The van der Waals surface area contributed by atoms with E-state index in [1.807, 2.05) is 0 Å². The highest BCUT2D eigenvalue weighted by Gasteiger charge is 2.41. The molecule has 0 aliphatic heterocycles. The molecule has 0 fully saturated rings. The lowest BCUT2D eigenvalue weighted by atomic mass is 10.4. The second-order valence-corrected chi connectivity index (χ2v) is 3.13. The second-order valence-electron chi connectivity index (χ2n) is 3.13. The van der Waals surface area contributed by atoms with E-state index < -0.39 is 12.1 Å². The second kappa shape index (κ2) is 4.38. The van der Waals surface area contributed by atoms with E-state index in [9.17, 15) is 18.0 Å². The van der Waals surface area contributed by atoms with Crippen LogP contribution in [-0.2, 0) is 4.79 Å². The summed E-state index contributed by atoms with van der Waals surface area (Å²) < 4.78 is 39.7. The van der Waals surface area contributed by atoms with Gasteiger partial charge in [-0.3, -0.25) is 0 Å². The Morgan fingerprint density at radius 1 is 1.44 bits per heavy atom. The molecular formula is C9H9F3N2O2.